The second-order valence-corrected chi connectivity index (χ2v) is 6.73. The predicted octanol–water partition coefficient (Wildman–Crippen LogP) is 4.40. The van der Waals surface area contributed by atoms with Crippen LogP contribution in [0.25, 0.3) is 11.3 Å². The molecular weight excluding hydrogens is 292 g/mol. The highest BCUT2D eigenvalue weighted by molar-refractivity contribution is 7.99. The number of rotatable bonds is 6. The minimum absolute atomic E-state index is 0.306. The Bertz CT molecular complexity index is 630. The first-order valence-electron chi connectivity index (χ1n) is 7.74. The van der Waals surface area contributed by atoms with Gasteiger partial charge < -0.3 is 9.30 Å². The van der Waals surface area contributed by atoms with E-state index in [2.05, 4.69) is 47.3 Å². The minimum atomic E-state index is 0.306. The van der Waals surface area contributed by atoms with Gasteiger partial charge in [-0.25, -0.2) is 4.98 Å². The second kappa shape index (κ2) is 7.16. The molecular formula is C18H22N2OS. The first-order chi connectivity index (χ1) is 10.7. The van der Waals surface area contributed by atoms with Crippen molar-refractivity contribution in [2.45, 2.75) is 37.6 Å². The third-order valence-corrected chi connectivity index (χ3v) is 4.97. The molecule has 0 spiro atoms. The Morgan fingerprint density at radius 1 is 1.41 bits per heavy atom. The molecule has 0 N–H and O–H groups in total. The number of thioether (sulfide) groups is 1. The van der Waals surface area contributed by atoms with Gasteiger partial charge in [-0.15, -0.1) is 0 Å². The Morgan fingerprint density at radius 3 is 2.91 bits per heavy atom. The van der Waals surface area contributed by atoms with Crippen LogP contribution in [0, 0.1) is 0 Å². The van der Waals surface area contributed by atoms with Crippen LogP contribution in [0.15, 0.2) is 53.8 Å². The van der Waals surface area contributed by atoms with Crippen LogP contribution < -0.4 is 0 Å². The number of hydrogen-bond donors (Lipinski definition) is 0. The Labute approximate surface area is 136 Å². The van der Waals surface area contributed by atoms with Crippen LogP contribution in [0.5, 0.6) is 0 Å². The summed E-state index contributed by atoms with van der Waals surface area (Å²) in [5.41, 5.74) is 3.54. The fraction of sp³-hybridized carbons (Fsp3) is 0.389. The molecule has 0 radical (unpaired) electrons. The molecule has 0 saturated carbocycles. The molecule has 4 heteroatoms. The van der Waals surface area contributed by atoms with Crippen LogP contribution in [-0.2, 0) is 11.3 Å². The maximum Gasteiger partial charge on any atom is 0.168 e. The van der Waals surface area contributed by atoms with Gasteiger partial charge in [0.2, 0.25) is 0 Å². The van der Waals surface area contributed by atoms with Crippen LogP contribution in [0.3, 0.4) is 0 Å². The topological polar surface area (TPSA) is 27.1 Å². The van der Waals surface area contributed by atoms with Crippen molar-refractivity contribution in [3.63, 3.8) is 0 Å². The lowest BCUT2D eigenvalue weighted by molar-refractivity contribution is 0.0954. The highest BCUT2D eigenvalue weighted by atomic mass is 32.2. The van der Waals surface area contributed by atoms with Crippen molar-refractivity contribution in [2.75, 3.05) is 12.4 Å². The lowest BCUT2D eigenvalue weighted by Crippen LogP contribution is -2.16. The molecule has 1 atom stereocenters. The van der Waals surface area contributed by atoms with E-state index >= 15 is 0 Å². The largest absolute Gasteiger partial charge is 0.376 e. The fourth-order valence-corrected chi connectivity index (χ4v) is 3.50. The van der Waals surface area contributed by atoms with Crippen LogP contribution in [0.2, 0.25) is 0 Å². The number of hydrogen-bond acceptors (Lipinski definition) is 3. The third-order valence-electron chi connectivity index (χ3n) is 3.75. The van der Waals surface area contributed by atoms with Crippen molar-refractivity contribution in [3.05, 3.63) is 48.7 Å². The molecule has 1 unspecified atom stereocenters. The van der Waals surface area contributed by atoms with E-state index in [0.29, 0.717) is 6.10 Å². The Hall–Kier alpha value is -1.52. The average Bonchev–Trinajstić information content (AvgIpc) is 3.16. The summed E-state index contributed by atoms with van der Waals surface area (Å²) in [7, 11) is 0. The van der Waals surface area contributed by atoms with Gasteiger partial charge in [-0.3, -0.25) is 0 Å². The van der Waals surface area contributed by atoms with E-state index in [-0.39, 0.29) is 0 Å². The van der Waals surface area contributed by atoms with Crippen molar-refractivity contribution in [1.29, 1.82) is 0 Å². The molecule has 22 heavy (non-hydrogen) atoms. The zero-order chi connectivity index (χ0) is 15.4. The van der Waals surface area contributed by atoms with E-state index in [4.69, 9.17) is 4.74 Å². The van der Waals surface area contributed by atoms with Gasteiger partial charge in [0, 0.05) is 12.4 Å². The molecule has 1 aliphatic rings. The molecule has 116 valence electrons. The molecule has 1 fully saturated rings. The SMILES string of the molecule is C=C(C)CSc1ncc(-c2ccccc2)n1CC1CCCO1. The first-order valence-corrected chi connectivity index (χ1v) is 8.72. The maximum absolute atomic E-state index is 5.82. The molecule has 1 aromatic carbocycles. The van der Waals surface area contributed by atoms with Crippen LogP contribution in [0.1, 0.15) is 19.8 Å². The zero-order valence-corrected chi connectivity index (χ0v) is 13.8. The lowest BCUT2D eigenvalue weighted by Gasteiger charge is -2.16. The number of ether oxygens (including phenoxy) is 1. The quantitative estimate of drug-likeness (QED) is 0.584. The van der Waals surface area contributed by atoms with E-state index < -0.39 is 0 Å². The molecule has 0 amide bonds. The Balaban J connectivity index is 1.89. The van der Waals surface area contributed by atoms with Gasteiger partial charge in [-0.05, 0) is 25.3 Å². The summed E-state index contributed by atoms with van der Waals surface area (Å²) in [5, 5.41) is 1.05. The van der Waals surface area contributed by atoms with Crippen LogP contribution >= 0.6 is 11.8 Å². The number of nitrogens with zero attached hydrogens (tertiary/aromatic N) is 2. The minimum Gasteiger partial charge on any atom is -0.376 e. The highest BCUT2D eigenvalue weighted by Crippen LogP contribution is 2.28. The highest BCUT2D eigenvalue weighted by Gasteiger charge is 2.20. The van der Waals surface area contributed by atoms with E-state index in [1.807, 2.05) is 12.3 Å². The lowest BCUT2D eigenvalue weighted by atomic mass is 10.1. The summed E-state index contributed by atoms with van der Waals surface area (Å²) in [6.07, 6.45) is 4.58. The van der Waals surface area contributed by atoms with Crippen molar-refractivity contribution >= 4 is 11.8 Å². The standard InChI is InChI=1S/C18H22N2OS/c1-14(2)13-22-18-19-11-17(15-7-4-3-5-8-15)20(18)12-16-9-6-10-21-16/h3-5,7-8,11,16H,1,6,9-10,12-13H2,2H3. The van der Waals surface area contributed by atoms with Gasteiger partial charge in [0.1, 0.15) is 0 Å². The van der Waals surface area contributed by atoms with Gasteiger partial charge in [-0.2, -0.15) is 0 Å². The molecule has 2 heterocycles. The van der Waals surface area contributed by atoms with Gasteiger partial charge in [0.25, 0.3) is 0 Å². The number of imidazole rings is 1. The molecule has 1 saturated heterocycles. The summed E-state index contributed by atoms with van der Waals surface area (Å²) in [6.45, 7) is 7.80. The summed E-state index contributed by atoms with van der Waals surface area (Å²) in [4.78, 5) is 4.64. The second-order valence-electron chi connectivity index (χ2n) is 5.78. The van der Waals surface area contributed by atoms with Gasteiger partial charge in [0.15, 0.2) is 5.16 Å². The molecule has 0 aliphatic carbocycles. The van der Waals surface area contributed by atoms with Crippen molar-refractivity contribution < 1.29 is 4.74 Å². The third kappa shape index (κ3) is 3.62. The van der Waals surface area contributed by atoms with Gasteiger partial charge >= 0.3 is 0 Å². The summed E-state index contributed by atoms with van der Waals surface area (Å²) in [5.74, 6) is 0.900. The van der Waals surface area contributed by atoms with E-state index in [0.717, 1.165) is 42.5 Å². The smallest absolute Gasteiger partial charge is 0.168 e. The molecule has 3 rings (SSSR count). The average molecular weight is 314 g/mol. The molecule has 0 bridgehead atoms. The molecule has 1 aromatic heterocycles. The predicted molar refractivity (Wildman–Crippen MR) is 92.2 cm³/mol. The normalized spacial score (nSPS) is 17.8. The first kappa shape index (κ1) is 15.4. The van der Waals surface area contributed by atoms with Crippen LogP contribution in [-0.4, -0.2) is 28.0 Å². The van der Waals surface area contributed by atoms with Crippen molar-refractivity contribution in [3.8, 4) is 11.3 Å². The van der Waals surface area contributed by atoms with Crippen molar-refractivity contribution in [2.24, 2.45) is 0 Å². The molecule has 3 nitrogen and oxygen atoms in total. The summed E-state index contributed by atoms with van der Waals surface area (Å²) >= 11 is 1.75. The molecule has 1 aliphatic heterocycles. The maximum atomic E-state index is 5.82. The van der Waals surface area contributed by atoms with Gasteiger partial charge in [-0.1, -0.05) is 54.2 Å². The van der Waals surface area contributed by atoms with Crippen molar-refractivity contribution in [1.82, 2.24) is 9.55 Å². The molecule has 2 aromatic rings. The fourth-order valence-electron chi connectivity index (χ4n) is 2.67. The van der Waals surface area contributed by atoms with E-state index in [9.17, 15) is 0 Å². The Kier molecular flexibility index (Phi) is 5.01. The van der Waals surface area contributed by atoms with Crippen LogP contribution in [0.4, 0.5) is 0 Å². The van der Waals surface area contributed by atoms with E-state index in [1.165, 1.54) is 11.3 Å². The number of aromatic nitrogens is 2. The summed E-state index contributed by atoms with van der Waals surface area (Å²) < 4.78 is 8.13. The Morgan fingerprint density at radius 2 is 2.23 bits per heavy atom. The number of benzene rings is 1. The summed E-state index contributed by atoms with van der Waals surface area (Å²) in [6, 6.07) is 10.5. The van der Waals surface area contributed by atoms with E-state index in [1.54, 1.807) is 11.8 Å². The zero-order valence-electron chi connectivity index (χ0n) is 13.0. The van der Waals surface area contributed by atoms with Gasteiger partial charge in [0.05, 0.1) is 24.5 Å². The monoisotopic (exact) mass is 314 g/mol.